The Morgan fingerprint density at radius 1 is 1.14 bits per heavy atom. The SMILES string of the molecule is COc1ccc(NC(=O)c2c(NC(=O)C[NH2+]C(C)(C)C)sc3c2CCC3)cc1. The van der Waals surface area contributed by atoms with Crippen LogP contribution in [0.5, 0.6) is 5.75 Å². The molecule has 0 unspecified atom stereocenters. The van der Waals surface area contributed by atoms with Crippen LogP contribution in [0.2, 0.25) is 0 Å². The second-order valence-electron chi connectivity index (χ2n) is 8.07. The Kier molecular flexibility index (Phi) is 6.05. The second-order valence-corrected chi connectivity index (χ2v) is 9.17. The zero-order valence-electron chi connectivity index (χ0n) is 16.8. The van der Waals surface area contributed by atoms with E-state index in [1.54, 1.807) is 31.4 Å². The summed E-state index contributed by atoms with van der Waals surface area (Å²) in [6.07, 6.45) is 2.89. The fourth-order valence-corrected chi connectivity index (χ4v) is 4.48. The predicted octanol–water partition coefficient (Wildman–Crippen LogP) is 2.80. The van der Waals surface area contributed by atoms with Gasteiger partial charge in [-0.2, -0.15) is 0 Å². The normalized spacial score (nSPS) is 13.1. The van der Waals surface area contributed by atoms with E-state index in [0.29, 0.717) is 22.8 Å². The molecular formula is C21H28N3O3S+. The Balaban J connectivity index is 1.77. The molecule has 3 rings (SSSR count). The van der Waals surface area contributed by atoms with Crippen LogP contribution >= 0.6 is 11.3 Å². The van der Waals surface area contributed by atoms with Gasteiger partial charge in [-0.1, -0.05) is 0 Å². The van der Waals surface area contributed by atoms with Crippen molar-refractivity contribution in [1.29, 1.82) is 0 Å². The van der Waals surface area contributed by atoms with Crippen LogP contribution in [-0.2, 0) is 17.6 Å². The molecule has 0 bridgehead atoms. The van der Waals surface area contributed by atoms with Gasteiger partial charge in [-0.3, -0.25) is 9.59 Å². The molecule has 0 radical (unpaired) electrons. The number of carbonyl (C=O) groups excluding carboxylic acids is 2. The molecule has 2 amide bonds. The summed E-state index contributed by atoms with van der Waals surface area (Å²) < 4.78 is 5.16. The Morgan fingerprint density at radius 3 is 2.50 bits per heavy atom. The fraction of sp³-hybridized carbons (Fsp3) is 0.429. The number of anilines is 2. The highest BCUT2D eigenvalue weighted by atomic mass is 32.1. The van der Waals surface area contributed by atoms with Crippen LogP contribution in [0.3, 0.4) is 0 Å². The number of fused-ring (bicyclic) bond motifs is 1. The summed E-state index contributed by atoms with van der Waals surface area (Å²) in [7, 11) is 1.61. The van der Waals surface area contributed by atoms with Crippen molar-refractivity contribution in [1.82, 2.24) is 0 Å². The number of nitrogens with two attached hydrogens (primary N) is 1. The third-order valence-electron chi connectivity index (χ3n) is 4.65. The van der Waals surface area contributed by atoms with Gasteiger partial charge >= 0.3 is 0 Å². The number of carbonyl (C=O) groups is 2. The van der Waals surface area contributed by atoms with Crippen molar-refractivity contribution in [3.63, 3.8) is 0 Å². The molecule has 0 saturated heterocycles. The van der Waals surface area contributed by atoms with E-state index in [9.17, 15) is 9.59 Å². The van der Waals surface area contributed by atoms with Crippen molar-refractivity contribution in [2.24, 2.45) is 0 Å². The van der Waals surface area contributed by atoms with E-state index in [0.717, 1.165) is 30.6 Å². The Morgan fingerprint density at radius 2 is 1.86 bits per heavy atom. The van der Waals surface area contributed by atoms with E-state index in [1.165, 1.54) is 16.2 Å². The van der Waals surface area contributed by atoms with Crippen LogP contribution in [0.15, 0.2) is 24.3 Å². The number of hydrogen-bond donors (Lipinski definition) is 3. The zero-order chi connectivity index (χ0) is 20.3. The monoisotopic (exact) mass is 402 g/mol. The number of amides is 2. The number of rotatable bonds is 6. The third kappa shape index (κ3) is 4.91. The topological polar surface area (TPSA) is 84.0 Å². The fourth-order valence-electron chi connectivity index (χ4n) is 3.18. The lowest BCUT2D eigenvalue weighted by atomic mass is 10.1. The van der Waals surface area contributed by atoms with Gasteiger partial charge in [0.05, 0.1) is 18.2 Å². The minimum Gasteiger partial charge on any atom is -0.497 e. The van der Waals surface area contributed by atoms with Gasteiger partial charge in [0.25, 0.3) is 11.8 Å². The Labute approximate surface area is 169 Å². The zero-order valence-corrected chi connectivity index (χ0v) is 17.7. The number of benzene rings is 1. The molecule has 1 aliphatic rings. The first kappa shape index (κ1) is 20.4. The number of ether oxygens (including phenoxy) is 1. The van der Waals surface area contributed by atoms with Gasteiger partial charge < -0.3 is 20.7 Å². The molecule has 1 heterocycles. The molecule has 28 heavy (non-hydrogen) atoms. The molecular weight excluding hydrogens is 374 g/mol. The van der Waals surface area contributed by atoms with E-state index in [4.69, 9.17) is 4.74 Å². The maximum Gasteiger partial charge on any atom is 0.280 e. The van der Waals surface area contributed by atoms with Crippen molar-refractivity contribution in [3.8, 4) is 5.75 Å². The number of nitrogens with one attached hydrogen (secondary N) is 2. The van der Waals surface area contributed by atoms with Crippen LogP contribution in [0.25, 0.3) is 0 Å². The first-order chi connectivity index (χ1) is 13.3. The summed E-state index contributed by atoms with van der Waals surface area (Å²) in [5.41, 5.74) is 2.36. The average Bonchev–Trinajstić information content (AvgIpc) is 3.20. The third-order valence-corrected chi connectivity index (χ3v) is 5.86. The van der Waals surface area contributed by atoms with Crippen LogP contribution < -0.4 is 20.7 Å². The molecule has 1 aliphatic carbocycles. The predicted molar refractivity (Wildman–Crippen MR) is 112 cm³/mol. The lowest BCUT2D eigenvalue weighted by Crippen LogP contribution is -2.95. The van der Waals surface area contributed by atoms with Crippen LogP contribution in [0, 0.1) is 0 Å². The molecule has 0 fully saturated rings. The van der Waals surface area contributed by atoms with Crippen molar-refractivity contribution in [3.05, 3.63) is 40.3 Å². The molecule has 150 valence electrons. The lowest BCUT2D eigenvalue weighted by Gasteiger charge is -2.16. The maximum absolute atomic E-state index is 13.0. The molecule has 1 aromatic carbocycles. The molecule has 0 spiro atoms. The maximum atomic E-state index is 13.0. The van der Waals surface area contributed by atoms with E-state index >= 15 is 0 Å². The molecule has 6 nitrogen and oxygen atoms in total. The number of hydrogen-bond acceptors (Lipinski definition) is 4. The summed E-state index contributed by atoms with van der Waals surface area (Å²) in [6.45, 7) is 6.51. The minimum atomic E-state index is -0.181. The van der Waals surface area contributed by atoms with Crippen molar-refractivity contribution < 1.29 is 19.6 Å². The molecule has 7 heteroatoms. The molecule has 0 aliphatic heterocycles. The van der Waals surface area contributed by atoms with Gasteiger partial charge in [0, 0.05) is 10.6 Å². The van der Waals surface area contributed by atoms with Crippen LogP contribution in [0.1, 0.15) is 48.0 Å². The summed E-state index contributed by atoms with van der Waals surface area (Å²) in [5, 5.41) is 8.56. The first-order valence-electron chi connectivity index (χ1n) is 9.51. The van der Waals surface area contributed by atoms with Gasteiger partial charge in [-0.25, -0.2) is 0 Å². The van der Waals surface area contributed by atoms with Crippen molar-refractivity contribution in [2.75, 3.05) is 24.3 Å². The highest BCUT2D eigenvalue weighted by Gasteiger charge is 2.28. The van der Waals surface area contributed by atoms with E-state index in [2.05, 4.69) is 31.4 Å². The molecule has 4 N–H and O–H groups in total. The molecule has 2 aromatic rings. The summed E-state index contributed by atoms with van der Waals surface area (Å²) in [5.74, 6) is 0.463. The molecule has 0 atom stereocenters. The second kappa shape index (κ2) is 8.32. The van der Waals surface area contributed by atoms with Crippen LogP contribution in [0.4, 0.5) is 10.7 Å². The first-order valence-corrected chi connectivity index (χ1v) is 10.3. The van der Waals surface area contributed by atoms with Gasteiger partial charge in [0.2, 0.25) is 0 Å². The minimum absolute atomic E-state index is 0.0247. The van der Waals surface area contributed by atoms with Crippen LogP contribution in [-0.4, -0.2) is 31.0 Å². The van der Waals surface area contributed by atoms with Gasteiger partial charge in [0.1, 0.15) is 10.8 Å². The standard InChI is InChI=1S/C21H27N3O3S/c1-21(2,3)22-12-17(25)24-20-18(15-6-5-7-16(15)28-20)19(26)23-13-8-10-14(27-4)11-9-13/h8-11,22H,5-7,12H2,1-4H3,(H,23,26)(H,24,25)/p+1. The number of quaternary nitrogens is 1. The quantitative estimate of drug-likeness (QED) is 0.695. The average molecular weight is 403 g/mol. The highest BCUT2D eigenvalue weighted by molar-refractivity contribution is 7.17. The molecule has 1 aromatic heterocycles. The van der Waals surface area contributed by atoms with E-state index in [-0.39, 0.29) is 17.4 Å². The molecule has 0 saturated carbocycles. The number of thiophene rings is 1. The largest absolute Gasteiger partial charge is 0.497 e. The van der Waals surface area contributed by atoms with Gasteiger partial charge in [0.15, 0.2) is 6.54 Å². The Hall–Kier alpha value is -2.38. The van der Waals surface area contributed by atoms with E-state index in [1.807, 2.05) is 5.32 Å². The summed E-state index contributed by atoms with van der Waals surface area (Å²) >= 11 is 1.53. The van der Waals surface area contributed by atoms with E-state index < -0.39 is 0 Å². The van der Waals surface area contributed by atoms with Gasteiger partial charge in [-0.15, -0.1) is 11.3 Å². The number of aryl methyl sites for hydroxylation is 1. The van der Waals surface area contributed by atoms with Crippen molar-refractivity contribution in [2.45, 2.75) is 45.6 Å². The lowest BCUT2D eigenvalue weighted by molar-refractivity contribution is -0.707. The highest BCUT2D eigenvalue weighted by Crippen LogP contribution is 2.39. The number of methoxy groups -OCH3 is 1. The summed E-state index contributed by atoms with van der Waals surface area (Å²) in [6, 6.07) is 7.22. The summed E-state index contributed by atoms with van der Waals surface area (Å²) in [4.78, 5) is 26.6. The smallest absolute Gasteiger partial charge is 0.280 e. The van der Waals surface area contributed by atoms with Crippen molar-refractivity contribution >= 4 is 33.8 Å². The Bertz CT molecular complexity index is 866. The van der Waals surface area contributed by atoms with Gasteiger partial charge in [-0.05, 0) is 69.9 Å².